The Morgan fingerprint density at radius 1 is 1.50 bits per heavy atom. The number of hydrogen-bond acceptors (Lipinski definition) is 3. The molecule has 4 nitrogen and oxygen atoms in total. The zero-order valence-corrected chi connectivity index (χ0v) is 8.82. The minimum absolute atomic E-state index is 0.0380. The zero-order valence-electron chi connectivity index (χ0n) is 8.82. The lowest BCUT2D eigenvalue weighted by molar-refractivity contribution is 0.375. The van der Waals surface area contributed by atoms with E-state index in [1.165, 1.54) is 12.8 Å². The minimum atomic E-state index is -0.0380. The fourth-order valence-electron chi connectivity index (χ4n) is 1.61. The second-order valence-electron chi connectivity index (χ2n) is 3.30. The van der Waals surface area contributed by atoms with E-state index in [0.717, 1.165) is 13.0 Å². The Labute approximate surface area is 84.9 Å². The van der Waals surface area contributed by atoms with E-state index in [1.807, 2.05) is 6.92 Å². The number of nitrogens with zero attached hydrogens (tertiary/aromatic N) is 3. The first-order chi connectivity index (χ1) is 6.88. The summed E-state index contributed by atoms with van der Waals surface area (Å²) in [6.07, 6.45) is 3.62. The third kappa shape index (κ3) is 3.29. The number of hydrogen-bond donors (Lipinski definition) is 1. The molecule has 0 radical (unpaired) electrons. The Morgan fingerprint density at radius 3 is 2.93 bits per heavy atom. The smallest absolute Gasteiger partial charge is 0.218 e. The molecule has 1 fully saturated rings. The Bertz CT molecular complexity index is 274. The predicted octanol–water partition coefficient (Wildman–Crippen LogP) is 1.12. The highest BCUT2D eigenvalue weighted by Crippen LogP contribution is 2.11. The molecule has 0 aromatic heterocycles. The molecule has 2 atom stereocenters. The van der Waals surface area contributed by atoms with Crippen LogP contribution in [0.3, 0.4) is 0 Å². The van der Waals surface area contributed by atoms with Crippen molar-refractivity contribution in [2.45, 2.75) is 38.3 Å². The van der Waals surface area contributed by atoms with Crippen molar-refractivity contribution in [3.63, 3.8) is 0 Å². The van der Waals surface area contributed by atoms with Crippen molar-refractivity contribution in [2.75, 3.05) is 13.6 Å². The summed E-state index contributed by atoms with van der Waals surface area (Å²) in [5.74, 6) is 5.94. The Morgan fingerprint density at radius 2 is 2.36 bits per heavy atom. The molecule has 14 heavy (non-hydrogen) atoms. The van der Waals surface area contributed by atoms with Crippen molar-refractivity contribution in [3.8, 4) is 11.8 Å². The topological polar surface area (TPSA) is 50.9 Å². The van der Waals surface area contributed by atoms with Gasteiger partial charge in [0.1, 0.15) is 17.3 Å². The van der Waals surface area contributed by atoms with Crippen LogP contribution in [-0.2, 0) is 0 Å². The van der Waals surface area contributed by atoms with E-state index in [1.54, 1.807) is 7.05 Å². The summed E-state index contributed by atoms with van der Waals surface area (Å²) in [6.45, 7) is 2.89. The van der Waals surface area contributed by atoms with E-state index in [-0.39, 0.29) is 6.04 Å². The lowest BCUT2D eigenvalue weighted by atomic mass is 9.99. The molecule has 1 rings (SSSR count). The highest BCUT2D eigenvalue weighted by atomic mass is 15.2. The quantitative estimate of drug-likeness (QED) is 0.399. The van der Waals surface area contributed by atoms with Crippen molar-refractivity contribution < 1.29 is 0 Å². The van der Waals surface area contributed by atoms with Crippen LogP contribution < -0.4 is 10.2 Å². The van der Waals surface area contributed by atoms with Gasteiger partial charge in [-0.15, -0.1) is 5.92 Å². The molecule has 0 saturated carbocycles. The molecule has 0 aliphatic carbocycles. The lowest BCUT2D eigenvalue weighted by Crippen LogP contribution is -2.41. The molecular weight excluding hydrogens is 176 g/mol. The maximum absolute atomic E-state index is 4.08. The van der Waals surface area contributed by atoms with Crippen molar-refractivity contribution >= 4 is 0 Å². The molecule has 0 bridgehead atoms. The molecule has 76 valence electrons. The average Bonchev–Trinajstić information content (AvgIpc) is 2.25. The summed E-state index contributed by atoms with van der Waals surface area (Å²) in [5.41, 5.74) is 0. The van der Waals surface area contributed by atoms with Gasteiger partial charge in [0, 0.05) is 6.04 Å². The molecule has 4 heteroatoms. The van der Waals surface area contributed by atoms with Crippen molar-refractivity contribution in [3.05, 3.63) is 0 Å². The van der Waals surface area contributed by atoms with Crippen LogP contribution in [0, 0.1) is 11.8 Å². The van der Waals surface area contributed by atoms with Gasteiger partial charge in [-0.05, 0) is 26.3 Å². The van der Waals surface area contributed by atoms with E-state index < -0.39 is 0 Å². The molecule has 0 aromatic rings. The van der Waals surface area contributed by atoms with Gasteiger partial charge in [0.2, 0.25) is 11.0 Å². The van der Waals surface area contributed by atoms with Gasteiger partial charge in [-0.1, -0.05) is 12.3 Å². The second kappa shape index (κ2) is 6.31. The van der Waals surface area contributed by atoms with E-state index in [9.17, 15) is 0 Å². The zero-order chi connectivity index (χ0) is 10.2. The van der Waals surface area contributed by atoms with Crippen LogP contribution in [0.25, 0.3) is 0 Å². The van der Waals surface area contributed by atoms with Crippen LogP contribution in [0.1, 0.15) is 26.2 Å². The maximum Gasteiger partial charge on any atom is 0.218 e. The van der Waals surface area contributed by atoms with E-state index in [0.29, 0.717) is 6.04 Å². The van der Waals surface area contributed by atoms with Crippen molar-refractivity contribution in [1.29, 1.82) is 0 Å². The third-order valence-corrected chi connectivity index (χ3v) is 2.29. The first-order valence-corrected chi connectivity index (χ1v) is 5.03. The van der Waals surface area contributed by atoms with Gasteiger partial charge in [-0.3, -0.25) is 0 Å². The molecule has 1 saturated heterocycles. The Balaban J connectivity index is 2.63. The monoisotopic (exact) mass is 193 g/mol. The molecule has 2 unspecified atom stereocenters. The normalized spacial score (nSPS) is 22.6. The summed E-state index contributed by atoms with van der Waals surface area (Å²) in [7, 11) is 1.62. The molecule has 1 aliphatic rings. The minimum Gasteiger partial charge on any atom is -0.311 e. The maximum atomic E-state index is 4.08. The molecule has 0 amide bonds. The summed E-state index contributed by atoms with van der Waals surface area (Å²) in [6, 6.07) is 0.311. The van der Waals surface area contributed by atoms with E-state index in [4.69, 9.17) is 0 Å². The molecule has 1 N–H and O–H groups in total. The van der Waals surface area contributed by atoms with Crippen LogP contribution in [0.4, 0.5) is 0 Å². The molecule has 1 aliphatic heterocycles. The van der Waals surface area contributed by atoms with Crippen LogP contribution in [0.5, 0.6) is 0 Å². The highest BCUT2D eigenvalue weighted by Gasteiger charge is 2.24. The van der Waals surface area contributed by atoms with Crippen LogP contribution >= 0.6 is 0 Å². The lowest BCUT2D eigenvalue weighted by Gasteiger charge is -2.22. The Kier molecular flexibility index (Phi) is 4.92. The fourth-order valence-corrected chi connectivity index (χ4v) is 1.61. The summed E-state index contributed by atoms with van der Waals surface area (Å²) >= 11 is 0. The largest absolute Gasteiger partial charge is 0.311 e. The molecular formula is C10H17N4+. The molecule has 0 aromatic carbocycles. The molecule has 0 spiro atoms. The van der Waals surface area contributed by atoms with Crippen molar-refractivity contribution in [1.82, 2.24) is 10.2 Å². The SMILES string of the molecule is CC#CC(N=[N+]=NC)C1CCCCN1. The number of piperidine rings is 1. The van der Waals surface area contributed by atoms with Crippen LogP contribution in [0.15, 0.2) is 10.2 Å². The first kappa shape index (κ1) is 10.9. The van der Waals surface area contributed by atoms with Gasteiger partial charge >= 0.3 is 0 Å². The fraction of sp³-hybridized carbons (Fsp3) is 0.800. The van der Waals surface area contributed by atoms with E-state index in [2.05, 4.69) is 32.3 Å². The number of rotatable bonds is 2. The Hall–Kier alpha value is -1.17. The van der Waals surface area contributed by atoms with Gasteiger partial charge in [0.05, 0.1) is 0 Å². The van der Waals surface area contributed by atoms with Crippen LogP contribution in [-0.4, -0.2) is 25.7 Å². The van der Waals surface area contributed by atoms with Gasteiger partial charge < -0.3 is 5.32 Å². The van der Waals surface area contributed by atoms with Gasteiger partial charge in [-0.25, -0.2) is 0 Å². The standard InChI is InChI=1S/C10H17N4/c1-3-6-10(13-14-11-2)9-7-4-5-8-12-9/h9-10,12H,4-5,7-8H2,1-2H3/q+1. The van der Waals surface area contributed by atoms with E-state index >= 15 is 0 Å². The average molecular weight is 193 g/mol. The summed E-state index contributed by atoms with van der Waals surface area (Å²) < 4.78 is 0. The summed E-state index contributed by atoms with van der Waals surface area (Å²) in [5, 5.41) is 11.1. The highest BCUT2D eigenvalue weighted by molar-refractivity contribution is 5.10. The van der Waals surface area contributed by atoms with Gasteiger partial charge in [0.25, 0.3) is 0 Å². The van der Waals surface area contributed by atoms with Gasteiger partial charge in [0.15, 0.2) is 0 Å². The van der Waals surface area contributed by atoms with Gasteiger partial charge in [-0.2, -0.15) is 0 Å². The predicted molar refractivity (Wildman–Crippen MR) is 55.8 cm³/mol. The third-order valence-electron chi connectivity index (χ3n) is 2.29. The molecule has 1 heterocycles. The summed E-state index contributed by atoms with van der Waals surface area (Å²) in [4.78, 5) is 3.67. The second-order valence-corrected chi connectivity index (χ2v) is 3.30. The van der Waals surface area contributed by atoms with Crippen molar-refractivity contribution in [2.24, 2.45) is 10.2 Å². The van der Waals surface area contributed by atoms with Crippen LogP contribution in [0.2, 0.25) is 0 Å². The first-order valence-electron chi connectivity index (χ1n) is 5.03. The number of nitrogens with one attached hydrogen (secondary N) is 1.